The van der Waals surface area contributed by atoms with E-state index < -0.39 is 0 Å². The molecule has 0 atom stereocenters. The maximum Gasteiger partial charge on any atom is 0.167 e. The predicted molar refractivity (Wildman–Crippen MR) is 72.8 cm³/mol. The maximum absolute atomic E-state index is 13.5. The van der Waals surface area contributed by atoms with Crippen LogP contribution < -0.4 is 10.1 Å². The third kappa shape index (κ3) is 3.24. The molecule has 4 nitrogen and oxygen atoms in total. The number of ether oxygens (including phenoxy) is 1. The lowest BCUT2D eigenvalue weighted by Crippen LogP contribution is -2.08. The minimum absolute atomic E-state index is 0.248. The summed E-state index contributed by atoms with van der Waals surface area (Å²) in [5, 5.41) is 3.16. The first kappa shape index (κ1) is 13.4. The molecule has 1 aromatic carbocycles. The Balaban J connectivity index is 2.02. The van der Waals surface area contributed by atoms with Crippen molar-refractivity contribution in [1.82, 2.24) is 9.55 Å². The van der Waals surface area contributed by atoms with Gasteiger partial charge in [0.15, 0.2) is 11.6 Å². The van der Waals surface area contributed by atoms with Gasteiger partial charge in [-0.2, -0.15) is 0 Å². The van der Waals surface area contributed by atoms with Crippen LogP contribution in [0.4, 0.5) is 10.1 Å². The van der Waals surface area contributed by atoms with E-state index in [1.54, 1.807) is 18.3 Å². The van der Waals surface area contributed by atoms with Crippen LogP contribution in [0.5, 0.6) is 5.75 Å². The van der Waals surface area contributed by atoms with Crippen molar-refractivity contribution >= 4 is 5.69 Å². The van der Waals surface area contributed by atoms with E-state index in [4.69, 9.17) is 4.74 Å². The summed E-state index contributed by atoms with van der Waals surface area (Å²) in [6, 6.07) is 4.82. The number of anilines is 1. The molecule has 0 unspecified atom stereocenters. The molecule has 0 amide bonds. The number of rotatable bonds is 6. The van der Waals surface area contributed by atoms with E-state index in [-0.39, 0.29) is 11.6 Å². The van der Waals surface area contributed by atoms with E-state index >= 15 is 0 Å². The molecule has 0 radical (unpaired) electrons. The summed E-state index contributed by atoms with van der Waals surface area (Å²) in [4.78, 5) is 4.29. The van der Waals surface area contributed by atoms with Crippen LogP contribution >= 0.6 is 0 Å². The van der Waals surface area contributed by atoms with Crippen LogP contribution in [0.3, 0.4) is 0 Å². The van der Waals surface area contributed by atoms with E-state index in [2.05, 4.69) is 21.8 Å². The zero-order chi connectivity index (χ0) is 13.7. The molecule has 0 bridgehead atoms. The molecule has 1 heterocycles. The number of imidazole rings is 1. The molecular weight excluding hydrogens is 245 g/mol. The van der Waals surface area contributed by atoms with Crippen LogP contribution in [-0.2, 0) is 13.1 Å². The van der Waals surface area contributed by atoms with Gasteiger partial charge in [0.2, 0.25) is 0 Å². The van der Waals surface area contributed by atoms with Crippen molar-refractivity contribution in [2.45, 2.75) is 26.4 Å². The molecule has 102 valence electrons. The second-order valence-electron chi connectivity index (χ2n) is 4.24. The standard InChI is InChI=1S/C14H18FN3O/c1-3-7-18-8-6-16-14(18)10-17-11-4-5-13(19-2)12(15)9-11/h4-6,8-9,17H,3,7,10H2,1-2H3. The normalized spacial score (nSPS) is 10.5. The molecule has 0 spiro atoms. The summed E-state index contributed by atoms with van der Waals surface area (Å²) in [7, 11) is 1.45. The van der Waals surface area contributed by atoms with E-state index in [1.165, 1.54) is 13.2 Å². The number of methoxy groups -OCH3 is 1. The van der Waals surface area contributed by atoms with Gasteiger partial charge in [-0.25, -0.2) is 9.37 Å². The van der Waals surface area contributed by atoms with Crippen LogP contribution in [-0.4, -0.2) is 16.7 Å². The second kappa shape index (κ2) is 6.22. The van der Waals surface area contributed by atoms with E-state index in [0.717, 1.165) is 18.8 Å². The summed E-state index contributed by atoms with van der Waals surface area (Å²) < 4.78 is 20.5. The number of hydrogen-bond donors (Lipinski definition) is 1. The predicted octanol–water partition coefficient (Wildman–Crippen LogP) is 3.05. The fraction of sp³-hybridized carbons (Fsp3) is 0.357. The zero-order valence-electron chi connectivity index (χ0n) is 11.2. The van der Waals surface area contributed by atoms with Gasteiger partial charge in [-0.15, -0.1) is 0 Å². The van der Waals surface area contributed by atoms with Gasteiger partial charge in [0, 0.05) is 30.7 Å². The van der Waals surface area contributed by atoms with Crippen molar-refractivity contribution in [1.29, 1.82) is 0 Å². The summed E-state index contributed by atoms with van der Waals surface area (Å²) in [5.41, 5.74) is 0.712. The third-order valence-corrected chi connectivity index (χ3v) is 2.87. The topological polar surface area (TPSA) is 39.1 Å². The maximum atomic E-state index is 13.5. The lowest BCUT2D eigenvalue weighted by atomic mass is 10.3. The van der Waals surface area contributed by atoms with Crippen molar-refractivity contribution in [3.8, 4) is 5.75 Å². The van der Waals surface area contributed by atoms with Crippen molar-refractivity contribution < 1.29 is 9.13 Å². The number of aromatic nitrogens is 2. The van der Waals surface area contributed by atoms with Crippen molar-refractivity contribution in [3.05, 3.63) is 42.2 Å². The highest BCUT2D eigenvalue weighted by Crippen LogP contribution is 2.20. The first-order valence-electron chi connectivity index (χ1n) is 6.32. The molecule has 0 aliphatic heterocycles. The minimum Gasteiger partial charge on any atom is -0.494 e. The third-order valence-electron chi connectivity index (χ3n) is 2.87. The Morgan fingerprint density at radius 3 is 2.95 bits per heavy atom. The summed E-state index contributed by atoms with van der Waals surface area (Å²) in [5.74, 6) is 0.820. The molecule has 2 aromatic rings. The zero-order valence-corrected chi connectivity index (χ0v) is 11.2. The average molecular weight is 263 g/mol. The first-order valence-corrected chi connectivity index (χ1v) is 6.32. The monoisotopic (exact) mass is 263 g/mol. The Bertz CT molecular complexity index is 539. The smallest absolute Gasteiger partial charge is 0.167 e. The second-order valence-corrected chi connectivity index (χ2v) is 4.24. The lowest BCUT2D eigenvalue weighted by molar-refractivity contribution is 0.386. The fourth-order valence-electron chi connectivity index (χ4n) is 1.91. The lowest BCUT2D eigenvalue weighted by Gasteiger charge is -2.10. The van der Waals surface area contributed by atoms with Gasteiger partial charge in [0.05, 0.1) is 13.7 Å². The van der Waals surface area contributed by atoms with Gasteiger partial charge >= 0.3 is 0 Å². The van der Waals surface area contributed by atoms with Crippen molar-refractivity contribution in [2.24, 2.45) is 0 Å². The van der Waals surface area contributed by atoms with Crippen LogP contribution in [0.2, 0.25) is 0 Å². The molecule has 19 heavy (non-hydrogen) atoms. The minimum atomic E-state index is -0.371. The van der Waals surface area contributed by atoms with Gasteiger partial charge in [0.25, 0.3) is 0 Å². The van der Waals surface area contributed by atoms with Crippen molar-refractivity contribution in [2.75, 3.05) is 12.4 Å². The number of halogens is 1. The van der Waals surface area contributed by atoms with E-state index in [0.29, 0.717) is 12.2 Å². The largest absolute Gasteiger partial charge is 0.494 e. The Labute approximate surface area is 112 Å². The molecule has 0 aliphatic carbocycles. The quantitative estimate of drug-likeness (QED) is 0.870. The highest BCUT2D eigenvalue weighted by atomic mass is 19.1. The highest BCUT2D eigenvalue weighted by molar-refractivity contribution is 5.47. The highest BCUT2D eigenvalue weighted by Gasteiger charge is 2.05. The molecule has 1 aromatic heterocycles. The Hall–Kier alpha value is -2.04. The Morgan fingerprint density at radius 1 is 1.42 bits per heavy atom. The molecule has 0 fully saturated rings. The van der Waals surface area contributed by atoms with E-state index in [9.17, 15) is 4.39 Å². The summed E-state index contributed by atoms with van der Waals surface area (Å²) in [6.45, 7) is 3.63. The number of aryl methyl sites for hydroxylation is 1. The average Bonchev–Trinajstić information content (AvgIpc) is 2.84. The van der Waals surface area contributed by atoms with Gasteiger partial charge in [-0.05, 0) is 18.6 Å². The van der Waals surface area contributed by atoms with Gasteiger partial charge in [-0.1, -0.05) is 6.92 Å². The number of nitrogens with zero attached hydrogens (tertiary/aromatic N) is 2. The van der Waals surface area contributed by atoms with Gasteiger partial charge in [0.1, 0.15) is 5.82 Å². The van der Waals surface area contributed by atoms with Crippen LogP contribution in [0.15, 0.2) is 30.6 Å². The Morgan fingerprint density at radius 2 is 2.26 bits per heavy atom. The number of nitrogens with one attached hydrogen (secondary N) is 1. The van der Waals surface area contributed by atoms with Gasteiger partial charge in [-0.3, -0.25) is 0 Å². The molecule has 0 saturated carbocycles. The summed E-state index contributed by atoms with van der Waals surface area (Å²) in [6.07, 6.45) is 4.79. The van der Waals surface area contributed by atoms with Crippen LogP contribution in [0.25, 0.3) is 0 Å². The SMILES string of the molecule is CCCn1ccnc1CNc1ccc(OC)c(F)c1. The molecule has 5 heteroatoms. The van der Waals surface area contributed by atoms with Gasteiger partial charge < -0.3 is 14.6 Å². The molecule has 0 saturated heterocycles. The number of hydrogen-bond acceptors (Lipinski definition) is 3. The molecule has 1 N–H and O–H groups in total. The molecule has 2 rings (SSSR count). The summed E-state index contributed by atoms with van der Waals surface area (Å²) >= 11 is 0. The van der Waals surface area contributed by atoms with Crippen molar-refractivity contribution in [3.63, 3.8) is 0 Å². The fourth-order valence-corrected chi connectivity index (χ4v) is 1.91. The Kier molecular flexibility index (Phi) is 4.39. The molecular formula is C14H18FN3O. The molecule has 0 aliphatic rings. The van der Waals surface area contributed by atoms with Crippen LogP contribution in [0, 0.1) is 5.82 Å². The number of benzene rings is 1. The van der Waals surface area contributed by atoms with Crippen LogP contribution in [0.1, 0.15) is 19.2 Å². The first-order chi connectivity index (χ1) is 9.24. The van der Waals surface area contributed by atoms with E-state index in [1.807, 2.05) is 6.20 Å².